The average Bonchev–Trinajstić information content (AvgIpc) is 2.83. The van der Waals surface area contributed by atoms with Gasteiger partial charge < -0.3 is 4.74 Å². The minimum atomic E-state index is 0.152. The van der Waals surface area contributed by atoms with Gasteiger partial charge in [-0.3, -0.25) is 0 Å². The zero-order valence-electron chi connectivity index (χ0n) is 25.4. The lowest BCUT2D eigenvalue weighted by Gasteiger charge is -2.33. The minimum Gasteiger partial charge on any atom is -0.375 e. The zero-order chi connectivity index (χ0) is 26.0. The second kappa shape index (κ2) is 25.5. The Morgan fingerprint density at radius 3 is 1.37 bits per heavy atom. The molecule has 0 aromatic rings. The predicted octanol–water partition coefficient (Wildman–Crippen LogP) is 10.4. The number of unbranched alkanes of at least 4 members (excludes halogenated alkanes) is 18. The quantitative estimate of drug-likeness (QED) is 0.0606. The molecule has 3 heteroatoms. The largest absolute Gasteiger partial charge is 0.375 e. The van der Waals surface area contributed by atoms with Crippen LogP contribution in [0.5, 0.6) is 0 Å². The van der Waals surface area contributed by atoms with Gasteiger partial charge in [0.2, 0.25) is 0 Å². The summed E-state index contributed by atoms with van der Waals surface area (Å²) >= 11 is 0. The second-order valence-corrected chi connectivity index (χ2v) is 11.7. The number of ether oxygens (including phenoxy) is 1. The van der Waals surface area contributed by atoms with Gasteiger partial charge >= 0.3 is 0 Å². The summed E-state index contributed by atoms with van der Waals surface area (Å²) in [7, 11) is 4.40. The van der Waals surface area contributed by atoms with E-state index in [1.54, 1.807) is 0 Å². The number of hydrogen-bond donors (Lipinski definition) is 0. The molecule has 1 unspecified atom stereocenters. The van der Waals surface area contributed by atoms with Crippen LogP contribution < -0.4 is 0 Å². The number of quaternary nitrogens is 1. The maximum absolute atomic E-state index is 6.50. The first kappa shape index (κ1) is 34.9. The number of rotatable bonds is 28. The molecule has 0 bridgehead atoms. The number of hydrogen-bond acceptors (Lipinski definition) is 2. The molecule has 0 aliphatic rings. The summed E-state index contributed by atoms with van der Waals surface area (Å²) in [6.07, 6.45) is 30.1. The number of nitrogens with zero attached hydrogens (tertiary/aromatic N) is 1. The Morgan fingerprint density at radius 2 is 0.914 bits per heavy atom. The van der Waals surface area contributed by atoms with Crippen molar-refractivity contribution in [3.8, 4) is 0 Å². The van der Waals surface area contributed by atoms with Gasteiger partial charge in [-0.1, -0.05) is 143 Å². The van der Waals surface area contributed by atoms with E-state index >= 15 is 0 Å². The first-order valence-corrected chi connectivity index (χ1v) is 16.1. The molecule has 0 rings (SSSR count). The lowest BCUT2D eigenvalue weighted by Crippen LogP contribution is -2.46. The van der Waals surface area contributed by atoms with E-state index in [1.165, 1.54) is 135 Å². The lowest BCUT2D eigenvalue weighted by atomic mass is 10.0. The van der Waals surface area contributed by atoms with E-state index in [2.05, 4.69) is 41.8 Å². The van der Waals surface area contributed by atoms with E-state index in [0.29, 0.717) is 4.65 Å². The number of hydroxylamine groups is 3. The third-order valence-electron chi connectivity index (χ3n) is 7.45. The summed E-state index contributed by atoms with van der Waals surface area (Å²) in [5.74, 6) is 0. The van der Waals surface area contributed by atoms with Crippen molar-refractivity contribution in [2.24, 2.45) is 0 Å². The standard InChI is InChI=1S/C32H68NO2/c1-7-10-13-15-17-19-20-21-22-24-26-28-32(31(4)35-33(5,6)29-12-9-3)34-30-27-25-23-18-16-14-11-8-2/h31-32H,7-30H2,1-6H3/q+1/t31-,32?/m0/s1. The Morgan fingerprint density at radius 1 is 0.514 bits per heavy atom. The highest BCUT2D eigenvalue weighted by atomic mass is 16.7. The molecule has 0 amide bonds. The van der Waals surface area contributed by atoms with Gasteiger partial charge in [-0.15, -0.1) is 0 Å². The fourth-order valence-corrected chi connectivity index (χ4v) is 5.04. The van der Waals surface area contributed by atoms with Gasteiger partial charge in [-0.2, -0.15) is 9.48 Å². The van der Waals surface area contributed by atoms with E-state index in [0.717, 1.165) is 19.6 Å². The van der Waals surface area contributed by atoms with Crippen molar-refractivity contribution in [2.45, 2.75) is 181 Å². The van der Waals surface area contributed by atoms with Crippen LogP contribution in [0.25, 0.3) is 0 Å². The summed E-state index contributed by atoms with van der Waals surface area (Å²) in [5, 5.41) is 0. The molecule has 0 spiro atoms. The molecule has 0 aromatic carbocycles. The van der Waals surface area contributed by atoms with Crippen LogP contribution in [-0.4, -0.2) is 44.1 Å². The second-order valence-electron chi connectivity index (χ2n) is 11.7. The van der Waals surface area contributed by atoms with Crippen molar-refractivity contribution in [1.82, 2.24) is 0 Å². The van der Waals surface area contributed by atoms with Gasteiger partial charge in [0, 0.05) is 6.61 Å². The van der Waals surface area contributed by atoms with E-state index in [-0.39, 0.29) is 12.2 Å². The van der Waals surface area contributed by atoms with Crippen molar-refractivity contribution in [2.75, 3.05) is 27.2 Å². The lowest BCUT2D eigenvalue weighted by molar-refractivity contribution is -1.08. The fourth-order valence-electron chi connectivity index (χ4n) is 5.04. The third kappa shape index (κ3) is 24.0. The summed E-state index contributed by atoms with van der Waals surface area (Å²) in [6, 6.07) is 0. The Hall–Kier alpha value is -0.120. The monoisotopic (exact) mass is 499 g/mol. The molecule has 0 fully saturated rings. The van der Waals surface area contributed by atoms with Crippen LogP contribution in [0, 0.1) is 0 Å². The normalized spacial score (nSPS) is 13.9. The molecule has 0 aromatic heterocycles. The van der Waals surface area contributed by atoms with Gasteiger partial charge in [0.25, 0.3) is 0 Å². The van der Waals surface area contributed by atoms with Crippen molar-refractivity contribution >= 4 is 0 Å². The fraction of sp³-hybridized carbons (Fsp3) is 1.00. The minimum absolute atomic E-state index is 0.152. The van der Waals surface area contributed by atoms with Crippen LogP contribution >= 0.6 is 0 Å². The molecule has 0 aliphatic heterocycles. The van der Waals surface area contributed by atoms with E-state index in [1.807, 2.05) is 0 Å². The average molecular weight is 499 g/mol. The highest BCUT2D eigenvalue weighted by Gasteiger charge is 2.27. The van der Waals surface area contributed by atoms with Crippen molar-refractivity contribution in [3.63, 3.8) is 0 Å². The molecule has 0 radical (unpaired) electrons. The van der Waals surface area contributed by atoms with Gasteiger partial charge in [0.1, 0.15) is 12.6 Å². The van der Waals surface area contributed by atoms with E-state index < -0.39 is 0 Å². The summed E-state index contributed by atoms with van der Waals surface area (Å²) in [5.41, 5.74) is 0. The molecule has 0 saturated carbocycles. The highest BCUT2D eigenvalue weighted by Crippen LogP contribution is 2.19. The van der Waals surface area contributed by atoms with Gasteiger partial charge in [0.05, 0.1) is 20.2 Å². The molecular formula is C32H68NO2+. The van der Waals surface area contributed by atoms with Crippen LogP contribution in [0.4, 0.5) is 0 Å². The van der Waals surface area contributed by atoms with Crippen LogP contribution in [0.3, 0.4) is 0 Å². The van der Waals surface area contributed by atoms with Crippen LogP contribution in [0.15, 0.2) is 0 Å². The molecule has 2 atom stereocenters. The van der Waals surface area contributed by atoms with E-state index in [4.69, 9.17) is 9.57 Å². The Kier molecular flexibility index (Phi) is 25.4. The third-order valence-corrected chi connectivity index (χ3v) is 7.45. The molecule has 0 N–H and O–H groups in total. The van der Waals surface area contributed by atoms with Gasteiger partial charge in [-0.05, 0) is 26.2 Å². The van der Waals surface area contributed by atoms with Gasteiger partial charge in [0.15, 0.2) is 0 Å². The van der Waals surface area contributed by atoms with Crippen LogP contribution in [0.2, 0.25) is 0 Å². The Bertz CT molecular complexity index is 412. The van der Waals surface area contributed by atoms with Crippen LogP contribution in [-0.2, 0) is 9.57 Å². The SMILES string of the molecule is CCCCCCCCCCCCCC(OCCCCCCCCCC)[C@H](C)O[N+](C)(C)CCCC. The molecular weight excluding hydrogens is 430 g/mol. The van der Waals surface area contributed by atoms with E-state index in [9.17, 15) is 0 Å². The zero-order valence-corrected chi connectivity index (χ0v) is 25.4. The first-order valence-electron chi connectivity index (χ1n) is 16.1. The van der Waals surface area contributed by atoms with Gasteiger partial charge in [-0.25, -0.2) is 0 Å². The summed E-state index contributed by atoms with van der Waals surface area (Å²) in [6.45, 7) is 11.1. The molecule has 3 nitrogen and oxygen atoms in total. The molecule has 0 aliphatic carbocycles. The molecule has 0 heterocycles. The predicted molar refractivity (Wildman–Crippen MR) is 156 cm³/mol. The first-order chi connectivity index (χ1) is 17.0. The Labute approximate surface area is 222 Å². The van der Waals surface area contributed by atoms with Crippen LogP contribution in [0.1, 0.15) is 169 Å². The highest BCUT2D eigenvalue weighted by molar-refractivity contribution is 4.66. The smallest absolute Gasteiger partial charge is 0.140 e. The van der Waals surface area contributed by atoms with Crippen molar-refractivity contribution < 1.29 is 14.2 Å². The summed E-state index contributed by atoms with van der Waals surface area (Å²) < 4.78 is 7.10. The maximum Gasteiger partial charge on any atom is 0.140 e. The van der Waals surface area contributed by atoms with Crippen molar-refractivity contribution in [3.05, 3.63) is 0 Å². The molecule has 212 valence electrons. The maximum atomic E-state index is 6.50. The molecule has 35 heavy (non-hydrogen) atoms. The molecule has 0 saturated heterocycles. The van der Waals surface area contributed by atoms with Crippen molar-refractivity contribution in [1.29, 1.82) is 0 Å². The summed E-state index contributed by atoms with van der Waals surface area (Å²) in [4.78, 5) is 6.50. The topological polar surface area (TPSA) is 18.5 Å². The Balaban J connectivity index is 4.19.